The van der Waals surface area contributed by atoms with Crippen molar-refractivity contribution < 1.29 is 28.6 Å². The summed E-state index contributed by atoms with van der Waals surface area (Å²) in [6, 6.07) is 6.35. The third kappa shape index (κ3) is 5.14. The van der Waals surface area contributed by atoms with Crippen molar-refractivity contribution in [1.29, 1.82) is 0 Å². The highest BCUT2D eigenvalue weighted by molar-refractivity contribution is 5.95. The molecular weight excluding hydrogens is 302 g/mol. The molecule has 1 amide bonds. The average molecular weight is 319 g/mol. The molecule has 1 aliphatic heterocycles. The fraction of sp³-hybridized carbons (Fsp3) is 0.312. The molecule has 1 heterocycles. The fourth-order valence-electron chi connectivity index (χ4n) is 1.92. The lowest BCUT2D eigenvalue weighted by atomic mass is 10.1. The van der Waals surface area contributed by atoms with Gasteiger partial charge in [-0.3, -0.25) is 4.79 Å². The summed E-state index contributed by atoms with van der Waals surface area (Å²) in [6.07, 6.45) is 1.03. The minimum Gasteiger partial charge on any atom is -0.490 e. The van der Waals surface area contributed by atoms with E-state index in [-0.39, 0.29) is 19.4 Å². The van der Waals surface area contributed by atoms with Gasteiger partial charge >= 0.3 is 18.0 Å². The third-order valence-electron chi connectivity index (χ3n) is 3.10. The van der Waals surface area contributed by atoms with Crippen molar-refractivity contribution in [2.75, 3.05) is 6.61 Å². The summed E-state index contributed by atoms with van der Waals surface area (Å²) >= 11 is 0. The van der Waals surface area contributed by atoms with E-state index in [1.54, 1.807) is 30.3 Å². The number of carbonyl (C=O) groups is 3. The Morgan fingerprint density at radius 2 is 2.04 bits per heavy atom. The number of alkyl carbamates (subject to hydrolysis) is 1. The van der Waals surface area contributed by atoms with E-state index in [1.807, 2.05) is 0 Å². The summed E-state index contributed by atoms with van der Waals surface area (Å²) < 4.78 is 14.8. The first-order valence-electron chi connectivity index (χ1n) is 7.09. The minimum atomic E-state index is -0.785. The molecule has 1 N–H and O–H groups in total. The van der Waals surface area contributed by atoms with E-state index in [2.05, 4.69) is 16.6 Å². The van der Waals surface area contributed by atoms with Gasteiger partial charge in [-0.15, -0.1) is 0 Å². The van der Waals surface area contributed by atoms with Gasteiger partial charge in [0.1, 0.15) is 25.0 Å². The van der Waals surface area contributed by atoms with E-state index < -0.39 is 24.1 Å². The van der Waals surface area contributed by atoms with Crippen molar-refractivity contribution in [2.24, 2.45) is 0 Å². The molecule has 1 fully saturated rings. The van der Waals surface area contributed by atoms with Gasteiger partial charge in [0.2, 0.25) is 0 Å². The van der Waals surface area contributed by atoms with Gasteiger partial charge in [-0.1, -0.05) is 24.8 Å². The van der Waals surface area contributed by atoms with Gasteiger partial charge in [0.15, 0.2) is 0 Å². The Morgan fingerprint density at radius 1 is 1.30 bits per heavy atom. The van der Waals surface area contributed by atoms with E-state index in [0.717, 1.165) is 5.56 Å². The zero-order chi connectivity index (χ0) is 16.7. The number of hydrogen-bond acceptors (Lipinski definition) is 6. The van der Waals surface area contributed by atoms with Crippen LogP contribution in [0.4, 0.5) is 4.79 Å². The maximum absolute atomic E-state index is 11.6. The first-order valence-corrected chi connectivity index (χ1v) is 7.09. The highest BCUT2D eigenvalue weighted by Crippen LogP contribution is 2.13. The van der Waals surface area contributed by atoms with Crippen LogP contribution >= 0.6 is 0 Å². The summed E-state index contributed by atoms with van der Waals surface area (Å²) in [4.78, 5) is 33.7. The maximum atomic E-state index is 11.6. The molecule has 1 aromatic carbocycles. The normalized spacial score (nSPS) is 16.4. The Morgan fingerprint density at radius 3 is 2.65 bits per heavy atom. The van der Waals surface area contributed by atoms with E-state index in [0.29, 0.717) is 12.4 Å². The van der Waals surface area contributed by atoms with Crippen LogP contribution in [0.5, 0.6) is 5.75 Å². The molecule has 1 atom stereocenters. The van der Waals surface area contributed by atoms with Gasteiger partial charge in [-0.05, 0) is 24.1 Å². The second kappa shape index (κ2) is 7.98. The summed E-state index contributed by atoms with van der Waals surface area (Å²) in [5, 5.41) is 2.32. The van der Waals surface area contributed by atoms with Crippen LogP contribution in [0.2, 0.25) is 0 Å². The van der Waals surface area contributed by atoms with Crippen molar-refractivity contribution in [3.05, 3.63) is 42.5 Å². The first-order chi connectivity index (χ1) is 11.1. The molecule has 122 valence electrons. The molecule has 0 aromatic heterocycles. The predicted octanol–water partition coefficient (Wildman–Crippen LogP) is 1.71. The SMILES string of the molecule is C=CCOc1ccc(COC(=O)CCC2NC(=O)OC2=O)cc1. The lowest BCUT2D eigenvalue weighted by Gasteiger charge is -2.08. The van der Waals surface area contributed by atoms with Gasteiger partial charge < -0.3 is 19.5 Å². The molecule has 7 nitrogen and oxygen atoms in total. The number of ether oxygens (including phenoxy) is 3. The first kappa shape index (κ1) is 16.5. The number of nitrogens with one attached hydrogen (secondary N) is 1. The number of cyclic esters (lactones) is 2. The molecule has 23 heavy (non-hydrogen) atoms. The topological polar surface area (TPSA) is 90.9 Å². The number of amides is 1. The zero-order valence-electron chi connectivity index (χ0n) is 12.4. The molecule has 0 aliphatic carbocycles. The molecule has 0 spiro atoms. The molecular formula is C16H17NO6. The lowest BCUT2D eigenvalue weighted by molar-refractivity contribution is -0.145. The van der Waals surface area contributed by atoms with Crippen LogP contribution in [0.15, 0.2) is 36.9 Å². The predicted molar refractivity (Wildman–Crippen MR) is 79.6 cm³/mol. The van der Waals surface area contributed by atoms with Crippen LogP contribution in [-0.2, 0) is 25.7 Å². The van der Waals surface area contributed by atoms with Crippen LogP contribution in [-0.4, -0.2) is 30.7 Å². The standard InChI is InChI=1S/C16H17NO6/c1-2-9-21-12-5-3-11(4-6-12)10-22-14(18)8-7-13-15(19)23-16(20)17-13/h2-6,13H,1,7-10H2,(H,17,20). The molecule has 0 radical (unpaired) electrons. The van der Waals surface area contributed by atoms with Crippen LogP contribution < -0.4 is 10.1 Å². The monoisotopic (exact) mass is 319 g/mol. The van der Waals surface area contributed by atoms with Gasteiger partial charge in [0.05, 0.1) is 0 Å². The second-order valence-electron chi connectivity index (χ2n) is 4.85. The number of carbonyl (C=O) groups excluding carboxylic acids is 3. The minimum absolute atomic E-state index is 0.0145. The summed E-state index contributed by atoms with van der Waals surface area (Å²) in [5.41, 5.74) is 0.817. The number of benzene rings is 1. The third-order valence-corrected chi connectivity index (χ3v) is 3.10. The van der Waals surface area contributed by atoms with Crippen LogP contribution in [0.1, 0.15) is 18.4 Å². The Bertz CT molecular complexity index is 595. The summed E-state index contributed by atoms with van der Waals surface area (Å²) in [6.45, 7) is 4.11. The van der Waals surface area contributed by atoms with Crippen LogP contribution in [0, 0.1) is 0 Å². The van der Waals surface area contributed by atoms with E-state index in [1.165, 1.54) is 0 Å². The molecule has 1 aromatic rings. The van der Waals surface area contributed by atoms with Gasteiger partial charge in [-0.25, -0.2) is 9.59 Å². The Labute approximate surface area is 133 Å². The van der Waals surface area contributed by atoms with Crippen LogP contribution in [0.3, 0.4) is 0 Å². The lowest BCUT2D eigenvalue weighted by Crippen LogP contribution is -2.29. The number of esters is 2. The molecule has 1 unspecified atom stereocenters. The van der Waals surface area contributed by atoms with Crippen LogP contribution in [0.25, 0.3) is 0 Å². The Kier molecular flexibility index (Phi) is 5.74. The van der Waals surface area contributed by atoms with Gasteiger partial charge in [0.25, 0.3) is 0 Å². The Balaban J connectivity index is 1.70. The van der Waals surface area contributed by atoms with E-state index in [4.69, 9.17) is 9.47 Å². The molecule has 2 rings (SSSR count). The van der Waals surface area contributed by atoms with E-state index >= 15 is 0 Å². The molecule has 0 saturated carbocycles. The largest absolute Gasteiger partial charge is 0.490 e. The quantitative estimate of drug-likeness (QED) is 0.445. The van der Waals surface area contributed by atoms with Crippen molar-refractivity contribution in [1.82, 2.24) is 5.32 Å². The van der Waals surface area contributed by atoms with Crippen molar-refractivity contribution in [2.45, 2.75) is 25.5 Å². The Hall–Kier alpha value is -2.83. The van der Waals surface area contributed by atoms with Crippen molar-refractivity contribution in [3.8, 4) is 5.75 Å². The fourth-order valence-corrected chi connectivity index (χ4v) is 1.92. The highest BCUT2D eigenvalue weighted by Gasteiger charge is 2.32. The van der Waals surface area contributed by atoms with Crippen molar-refractivity contribution >= 4 is 18.0 Å². The molecule has 7 heteroatoms. The molecule has 1 aliphatic rings. The van der Waals surface area contributed by atoms with Gasteiger partial charge in [-0.2, -0.15) is 0 Å². The zero-order valence-corrected chi connectivity index (χ0v) is 12.4. The summed E-state index contributed by atoms with van der Waals surface area (Å²) in [5.74, 6) is -0.417. The smallest absolute Gasteiger partial charge is 0.415 e. The maximum Gasteiger partial charge on any atom is 0.415 e. The molecule has 0 bridgehead atoms. The second-order valence-corrected chi connectivity index (χ2v) is 4.85. The average Bonchev–Trinajstić information content (AvgIpc) is 2.87. The number of hydrogen-bond donors (Lipinski definition) is 1. The van der Waals surface area contributed by atoms with Crippen molar-refractivity contribution in [3.63, 3.8) is 0 Å². The molecule has 1 saturated heterocycles. The summed E-state index contributed by atoms with van der Waals surface area (Å²) in [7, 11) is 0. The van der Waals surface area contributed by atoms with Gasteiger partial charge in [0, 0.05) is 6.42 Å². The van der Waals surface area contributed by atoms with E-state index in [9.17, 15) is 14.4 Å². The number of rotatable bonds is 8. The highest BCUT2D eigenvalue weighted by atomic mass is 16.6.